The maximum absolute atomic E-state index is 13.8. The van der Waals surface area contributed by atoms with E-state index in [1.165, 1.54) is 11.0 Å². The Morgan fingerprint density at radius 1 is 1.21 bits per heavy atom. The molecule has 0 fully saturated rings. The molecule has 2 amide bonds. The summed E-state index contributed by atoms with van der Waals surface area (Å²) in [4.78, 5) is 31.6. The van der Waals surface area contributed by atoms with Crippen molar-refractivity contribution in [2.45, 2.75) is 13.5 Å². The van der Waals surface area contributed by atoms with Gasteiger partial charge in [0.25, 0.3) is 11.8 Å². The van der Waals surface area contributed by atoms with Crippen LogP contribution in [0.15, 0.2) is 36.4 Å². The molecule has 4 rings (SSSR count). The van der Waals surface area contributed by atoms with Gasteiger partial charge in [0.15, 0.2) is 5.01 Å². The molecular weight excluding hydrogens is 384 g/mol. The lowest BCUT2D eigenvalue weighted by Crippen LogP contribution is -2.25. The molecular formula is C20H15F2N3O2S. The number of hydrogen-bond acceptors (Lipinski definition) is 4. The van der Waals surface area contributed by atoms with Gasteiger partial charge in [0.2, 0.25) is 0 Å². The van der Waals surface area contributed by atoms with Gasteiger partial charge in [0, 0.05) is 13.6 Å². The summed E-state index contributed by atoms with van der Waals surface area (Å²) < 4.78 is 27.7. The van der Waals surface area contributed by atoms with Crippen molar-refractivity contribution in [1.82, 2.24) is 9.88 Å². The van der Waals surface area contributed by atoms with Crippen LogP contribution in [0.3, 0.4) is 0 Å². The van der Waals surface area contributed by atoms with Crippen LogP contribution >= 0.6 is 11.3 Å². The molecule has 8 heteroatoms. The molecule has 3 aromatic rings. The number of aryl methyl sites for hydroxylation is 1. The van der Waals surface area contributed by atoms with E-state index in [0.29, 0.717) is 11.4 Å². The monoisotopic (exact) mass is 399 g/mol. The number of halogens is 2. The highest BCUT2D eigenvalue weighted by molar-refractivity contribution is 7.17. The number of nitrogens with zero attached hydrogens (tertiary/aromatic N) is 2. The number of carbonyl (C=O) groups is 2. The van der Waals surface area contributed by atoms with Gasteiger partial charge in [0.05, 0.1) is 4.88 Å². The fourth-order valence-corrected chi connectivity index (χ4v) is 4.08. The van der Waals surface area contributed by atoms with E-state index in [9.17, 15) is 18.4 Å². The predicted molar refractivity (Wildman–Crippen MR) is 102 cm³/mol. The van der Waals surface area contributed by atoms with Crippen LogP contribution in [0.5, 0.6) is 0 Å². The third-order valence-corrected chi connectivity index (χ3v) is 5.58. The molecule has 2 heterocycles. The average Bonchev–Trinajstić information content (AvgIpc) is 3.07. The Morgan fingerprint density at radius 3 is 2.64 bits per heavy atom. The van der Waals surface area contributed by atoms with Crippen LogP contribution in [0.1, 0.15) is 31.4 Å². The number of amides is 2. The summed E-state index contributed by atoms with van der Waals surface area (Å²) in [5.74, 6) is -2.85. The third-order valence-electron chi connectivity index (χ3n) is 4.49. The third kappa shape index (κ3) is 3.05. The number of hydrogen-bond donors (Lipinski definition) is 1. The van der Waals surface area contributed by atoms with Gasteiger partial charge in [-0.3, -0.25) is 9.59 Å². The van der Waals surface area contributed by atoms with E-state index in [2.05, 4.69) is 10.3 Å². The van der Waals surface area contributed by atoms with Crippen molar-refractivity contribution < 1.29 is 18.4 Å². The summed E-state index contributed by atoms with van der Waals surface area (Å²) in [6, 6.07) is 9.15. The van der Waals surface area contributed by atoms with Crippen LogP contribution in [0.2, 0.25) is 0 Å². The number of para-hydroxylation sites is 1. The maximum atomic E-state index is 13.8. The van der Waals surface area contributed by atoms with E-state index in [-0.39, 0.29) is 16.6 Å². The summed E-state index contributed by atoms with van der Waals surface area (Å²) in [5.41, 5.74) is 2.40. The van der Waals surface area contributed by atoms with E-state index in [0.717, 1.165) is 40.2 Å². The van der Waals surface area contributed by atoms with Crippen molar-refractivity contribution in [1.29, 1.82) is 0 Å². The second-order valence-corrected chi connectivity index (χ2v) is 7.57. The first-order chi connectivity index (χ1) is 13.3. The number of thiazole rings is 1. The first kappa shape index (κ1) is 18.2. The zero-order valence-corrected chi connectivity index (χ0v) is 15.9. The summed E-state index contributed by atoms with van der Waals surface area (Å²) in [7, 11) is 1.66. The number of aromatic nitrogens is 1. The summed E-state index contributed by atoms with van der Waals surface area (Å²) in [5, 5.41) is 2.18. The van der Waals surface area contributed by atoms with E-state index in [1.54, 1.807) is 7.05 Å². The zero-order valence-electron chi connectivity index (χ0n) is 15.0. The highest BCUT2D eigenvalue weighted by Crippen LogP contribution is 2.37. The Bertz CT molecular complexity index is 1110. The van der Waals surface area contributed by atoms with Crippen LogP contribution in [-0.2, 0) is 6.54 Å². The second kappa shape index (κ2) is 6.79. The Morgan fingerprint density at radius 2 is 1.93 bits per heavy atom. The normalized spacial score (nSPS) is 13.0. The minimum Gasteiger partial charge on any atom is -0.336 e. The highest BCUT2D eigenvalue weighted by atomic mass is 32.1. The standard InChI is InChI=1S/C20H15F2N3O2S/c1-10-6-7-11-9-25(2)20(27)16-17(12(11)8-10)28-19(24-16)18(26)23-15-13(21)4-3-5-14(15)22/h3-8H,9H2,1-2H3,(H,23,26). The fraction of sp³-hybridized carbons (Fsp3) is 0.150. The minimum atomic E-state index is -0.886. The molecule has 0 spiro atoms. The van der Waals surface area contributed by atoms with Crippen molar-refractivity contribution in [3.63, 3.8) is 0 Å². The number of anilines is 1. The molecule has 0 saturated heterocycles. The molecule has 2 aromatic carbocycles. The van der Waals surface area contributed by atoms with E-state index >= 15 is 0 Å². The molecule has 0 radical (unpaired) electrons. The van der Waals surface area contributed by atoms with Crippen molar-refractivity contribution >= 4 is 28.8 Å². The largest absolute Gasteiger partial charge is 0.336 e. The Kier molecular flexibility index (Phi) is 4.43. The minimum absolute atomic E-state index is 0.0382. The van der Waals surface area contributed by atoms with Crippen molar-refractivity contribution in [3.05, 3.63) is 69.9 Å². The first-order valence-electron chi connectivity index (χ1n) is 8.46. The van der Waals surface area contributed by atoms with Gasteiger partial charge in [0.1, 0.15) is 23.0 Å². The molecule has 1 aromatic heterocycles. The lowest BCUT2D eigenvalue weighted by molar-refractivity contribution is 0.0783. The summed E-state index contributed by atoms with van der Waals surface area (Å²) in [6.45, 7) is 2.37. The maximum Gasteiger partial charge on any atom is 0.284 e. The van der Waals surface area contributed by atoms with Gasteiger partial charge in [-0.1, -0.05) is 29.8 Å². The summed E-state index contributed by atoms with van der Waals surface area (Å²) >= 11 is 1.03. The lowest BCUT2D eigenvalue weighted by Gasteiger charge is -2.14. The van der Waals surface area contributed by atoms with Crippen LogP contribution in [0.25, 0.3) is 10.4 Å². The van der Waals surface area contributed by atoms with Gasteiger partial charge in [-0.25, -0.2) is 13.8 Å². The number of fused-ring (bicyclic) bond motifs is 3. The first-order valence-corrected chi connectivity index (χ1v) is 9.28. The molecule has 5 nitrogen and oxygen atoms in total. The smallest absolute Gasteiger partial charge is 0.284 e. The molecule has 142 valence electrons. The SMILES string of the molecule is Cc1ccc2c(c1)-c1sc(C(=O)Nc3c(F)cccc3F)nc1C(=O)N(C)C2. The second-order valence-electron chi connectivity index (χ2n) is 6.57. The van der Waals surface area contributed by atoms with Crippen LogP contribution < -0.4 is 5.32 Å². The van der Waals surface area contributed by atoms with Gasteiger partial charge >= 0.3 is 0 Å². The lowest BCUT2D eigenvalue weighted by atomic mass is 10.0. The van der Waals surface area contributed by atoms with Gasteiger partial charge in [-0.05, 0) is 30.2 Å². The van der Waals surface area contributed by atoms with E-state index < -0.39 is 23.2 Å². The van der Waals surface area contributed by atoms with Crippen molar-refractivity contribution in [2.75, 3.05) is 12.4 Å². The molecule has 1 aliphatic heterocycles. The fourth-order valence-electron chi connectivity index (χ4n) is 3.08. The molecule has 0 unspecified atom stereocenters. The molecule has 0 bridgehead atoms. The molecule has 1 aliphatic rings. The Hall–Kier alpha value is -3.13. The van der Waals surface area contributed by atoms with Crippen LogP contribution in [-0.4, -0.2) is 28.7 Å². The quantitative estimate of drug-likeness (QED) is 0.701. The van der Waals surface area contributed by atoms with Crippen molar-refractivity contribution in [2.24, 2.45) is 0 Å². The molecule has 1 N–H and O–H groups in total. The van der Waals surface area contributed by atoms with Crippen molar-refractivity contribution in [3.8, 4) is 10.4 Å². The number of carbonyl (C=O) groups excluding carboxylic acids is 2. The highest BCUT2D eigenvalue weighted by Gasteiger charge is 2.30. The number of benzene rings is 2. The molecule has 28 heavy (non-hydrogen) atoms. The Balaban J connectivity index is 1.78. The summed E-state index contributed by atoms with van der Waals surface area (Å²) in [6.07, 6.45) is 0. The topological polar surface area (TPSA) is 62.3 Å². The number of nitrogens with one attached hydrogen (secondary N) is 1. The van der Waals surface area contributed by atoms with Crippen LogP contribution in [0, 0.1) is 18.6 Å². The molecule has 0 saturated carbocycles. The van der Waals surface area contributed by atoms with Crippen LogP contribution in [0.4, 0.5) is 14.5 Å². The molecule has 0 atom stereocenters. The van der Waals surface area contributed by atoms with E-state index in [1.807, 2.05) is 25.1 Å². The van der Waals surface area contributed by atoms with E-state index in [4.69, 9.17) is 0 Å². The number of rotatable bonds is 2. The molecule has 0 aliphatic carbocycles. The predicted octanol–water partition coefficient (Wildman–Crippen LogP) is 4.23. The van der Waals surface area contributed by atoms with Gasteiger partial charge in [-0.15, -0.1) is 11.3 Å². The van der Waals surface area contributed by atoms with Gasteiger partial charge < -0.3 is 10.2 Å². The zero-order chi connectivity index (χ0) is 20.0. The Labute approximate surface area is 163 Å². The average molecular weight is 399 g/mol. The van der Waals surface area contributed by atoms with Gasteiger partial charge in [-0.2, -0.15) is 0 Å².